The van der Waals surface area contributed by atoms with Crippen molar-refractivity contribution in [2.75, 3.05) is 0 Å². The molecule has 88 valence electrons. The molecule has 0 aromatic rings. The molecule has 0 aliphatic heterocycles. The Morgan fingerprint density at radius 1 is 1.00 bits per heavy atom. The minimum atomic E-state index is -0.919. The molecule has 0 saturated heterocycles. The second kappa shape index (κ2) is 8.15. The van der Waals surface area contributed by atoms with E-state index in [-0.39, 0.29) is 29.8 Å². The highest BCUT2D eigenvalue weighted by Crippen LogP contribution is 2.01. The van der Waals surface area contributed by atoms with Crippen LogP contribution in [0.25, 0.3) is 0 Å². The van der Waals surface area contributed by atoms with Gasteiger partial charge in [-0.3, -0.25) is 14.4 Å². The maximum absolute atomic E-state index is 10.4. The zero-order chi connectivity index (χ0) is 12.6. The van der Waals surface area contributed by atoms with Gasteiger partial charge in [0.2, 0.25) is 0 Å². The Balaban J connectivity index is 0. The number of Topliss-reactive ketones (excluding diaryl/α,β-unsaturated/α-hetero) is 2. The molecule has 0 aromatic carbocycles. The lowest BCUT2D eigenvalue weighted by Gasteiger charge is -2.00. The quantitative estimate of drug-likeness (QED) is 0.779. The fourth-order valence-electron chi connectivity index (χ4n) is 0.406. The topological polar surface area (TPSA) is 71.4 Å². The lowest BCUT2D eigenvalue weighted by molar-refractivity contribution is -0.140. The van der Waals surface area contributed by atoms with Gasteiger partial charge in [0.25, 0.3) is 0 Å². The number of carboxylic acid groups (broad SMARTS) is 1. The highest BCUT2D eigenvalue weighted by molar-refractivity contribution is 5.82. The number of ketones is 2. The van der Waals surface area contributed by atoms with Gasteiger partial charge < -0.3 is 5.11 Å². The Kier molecular flexibility index (Phi) is 8.82. The lowest BCUT2D eigenvalue weighted by Crippen LogP contribution is -2.11. The van der Waals surface area contributed by atoms with Crippen molar-refractivity contribution in [1.82, 2.24) is 0 Å². The zero-order valence-corrected chi connectivity index (χ0v) is 10.0. The summed E-state index contributed by atoms with van der Waals surface area (Å²) in [5, 5.41) is 8.18. The molecule has 0 fully saturated rings. The summed E-state index contributed by atoms with van der Waals surface area (Å²) in [6, 6.07) is 0. The van der Waals surface area contributed by atoms with E-state index in [0.29, 0.717) is 0 Å². The molecular weight excluding hydrogens is 196 g/mol. The predicted octanol–water partition coefficient (Wildman–Crippen LogP) is 1.92. The first kappa shape index (κ1) is 16.2. The van der Waals surface area contributed by atoms with Gasteiger partial charge in [0.15, 0.2) is 0 Å². The van der Waals surface area contributed by atoms with Gasteiger partial charge >= 0.3 is 5.97 Å². The van der Waals surface area contributed by atoms with Gasteiger partial charge in [-0.15, -0.1) is 0 Å². The van der Waals surface area contributed by atoms with Crippen LogP contribution in [0, 0.1) is 11.8 Å². The average Bonchev–Trinajstić information content (AvgIpc) is 2.03. The molecule has 0 aromatic heterocycles. The van der Waals surface area contributed by atoms with Gasteiger partial charge in [-0.25, -0.2) is 0 Å². The van der Waals surface area contributed by atoms with Crippen LogP contribution < -0.4 is 0 Å². The van der Waals surface area contributed by atoms with E-state index in [1.165, 1.54) is 6.92 Å². The molecule has 1 unspecified atom stereocenters. The summed E-state index contributed by atoms with van der Waals surface area (Å²) in [5.41, 5.74) is 0. The van der Waals surface area contributed by atoms with Crippen LogP contribution in [-0.4, -0.2) is 22.6 Å². The van der Waals surface area contributed by atoms with Crippen LogP contribution in [0.5, 0.6) is 0 Å². The first-order chi connectivity index (χ1) is 6.68. The van der Waals surface area contributed by atoms with E-state index in [1.807, 2.05) is 13.8 Å². The highest BCUT2D eigenvalue weighted by Gasteiger charge is 2.10. The van der Waals surface area contributed by atoms with Crippen LogP contribution in [0.4, 0.5) is 0 Å². The van der Waals surface area contributed by atoms with E-state index in [4.69, 9.17) is 5.11 Å². The normalized spacial score (nSPS) is 11.3. The average molecular weight is 216 g/mol. The van der Waals surface area contributed by atoms with Crippen molar-refractivity contribution >= 4 is 17.5 Å². The highest BCUT2D eigenvalue weighted by atomic mass is 16.4. The van der Waals surface area contributed by atoms with E-state index in [2.05, 4.69) is 0 Å². The van der Waals surface area contributed by atoms with Crippen molar-refractivity contribution < 1.29 is 19.5 Å². The van der Waals surface area contributed by atoms with Crippen LogP contribution in [0.2, 0.25) is 0 Å². The van der Waals surface area contributed by atoms with Crippen LogP contribution in [-0.2, 0) is 14.4 Å². The lowest BCUT2D eigenvalue weighted by atomic mass is 10.0. The van der Waals surface area contributed by atoms with Gasteiger partial charge in [0, 0.05) is 11.8 Å². The molecular formula is C11H20O4. The van der Waals surface area contributed by atoms with Crippen LogP contribution in [0.3, 0.4) is 0 Å². The maximum Gasteiger partial charge on any atom is 0.304 e. The molecule has 15 heavy (non-hydrogen) atoms. The summed E-state index contributed by atoms with van der Waals surface area (Å²) in [4.78, 5) is 30.5. The van der Waals surface area contributed by atoms with Crippen molar-refractivity contribution in [2.24, 2.45) is 11.8 Å². The van der Waals surface area contributed by atoms with E-state index in [1.54, 1.807) is 13.8 Å². The van der Waals surface area contributed by atoms with Crippen LogP contribution in [0.1, 0.15) is 41.0 Å². The molecule has 0 aliphatic rings. The summed E-state index contributed by atoms with van der Waals surface area (Å²) in [6.45, 7) is 8.39. The van der Waals surface area contributed by atoms with Crippen molar-refractivity contribution in [2.45, 2.75) is 41.0 Å². The Labute approximate surface area is 90.7 Å². The molecule has 0 spiro atoms. The number of hydrogen-bond donors (Lipinski definition) is 1. The molecule has 0 rings (SSSR count). The fourth-order valence-corrected chi connectivity index (χ4v) is 0.406. The summed E-state index contributed by atoms with van der Waals surface area (Å²) < 4.78 is 0. The van der Waals surface area contributed by atoms with Crippen molar-refractivity contribution in [3.05, 3.63) is 0 Å². The Morgan fingerprint density at radius 2 is 1.33 bits per heavy atom. The van der Waals surface area contributed by atoms with E-state index in [9.17, 15) is 14.4 Å². The standard InChI is InChI=1S/C6H10O3.C5H10O/c1-4(5(2)7)3-6(8)9;1-4(2)5(3)6/h4H,3H2,1-2H3,(H,8,9);4H,1-3H3. The number of aliphatic carboxylic acids is 1. The van der Waals surface area contributed by atoms with E-state index in [0.717, 1.165) is 0 Å². The Bertz CT molecular complexity index is 231. The molecule has 0 bridgehead atoms. The molecule has 0 amide bonds. The summed E-state index contributed by atoms with van der Waals surface area (Å²) >= 11 is 0. The number of carbonyl (C=O) groups is 3. The zero-order valence-electron chi connectivity index (χ0n) is 10.0. The predicted molar refractivity (Wildman–Crippen MR) is 57.6 cm³/mol. The minimum absolute atomic E-state index is 0.0602. The molecule has 1 N–H and O–H groups in total. The smallest absolute Gasteiger partial charge is 0.304 e. The Hall–Kier alpha value is -1.19. The molecule has 4 nitrogen and oxygen atoms in total. The molecule has 0 saturated carbocycles. The number of hydrogen-bond acceptors (Lipinski definition) is 3. The molecule has 1 atom stereocenters. The van der Waals surface area contributed by atoms with Crippen LogP contribution in [0.15, 0.2) is 0 Å². The first-order valence-corrected chi connectivity index (χ1v) is 4.91. The Morgan fingerprint density at radius 3 is 1.40 bits per heavy atom. The van der Waals surface area contributed by atoms with E-state index >= 15 is 0 Å². The van der Waals surface area contributed by atoms with E-state index < -0.39 is 5.97 Å². The molecule has 0 aliphatic carbocycles. The molecule has 4 heteroatoms. The van der Waals surface area contributed by atoms with Crippen molar-refractivity contribution in [3.8, 4) is 0 Å². The SMILES string of the molecule is CC(=O)C(C)C.CC(=O)C(C)CC(=O)O. The van der Waals surface area contributed by atoms with Crippen molar-refractivity contribution in [1.29, 1.82) is 0 Å². The van der Waals surface area contributed by atoms with Crippen molar-refractivity contribution in [3.63, 3.8) is 0 Å². The summed E-state index contributed by atoms with van der Waals surface area (Å²) in [7, 11) is 0. The van der Waals surface area contributed by atoms with Crippen LogP contribution >= 0.6 is 0 Å². The van der Waals surface area contributed by atoms with Gasteiger partial charge in [-0.05, 0) is 13.8 Å². The van der Waals surface area contributed by atoms with Gasteiger partial charge in [-0.2, -0.15) is 0 Å². The van der Waals surface area contributed by atoms with Gasteiger partial charge in [0.1, 0.15) is 11.6 Å². The second-order valence-corrected chi connectivity index (χ2v) is 3.87. The third-order valence-electron chi connectivity index (χ3n) is 1.99. The summed E-state index contributed by atoms with van der Waals surface area (Å²) in [6.07, 6.45) is -0.0602. The number of rotatable bonds is 4. The second-order valence-electron chi connectivity index (χ2n) is 3.87. The largest absolute Gasteiger partial charge is 0.481 e. The third kappa shape index (κ3) is 12.8. The fraction of sp³-hybridized carbons (Fsp3) is 0.727. The number of carboxylic acids is 1. The van der Waals surface area contributed by atoms with Gasteiger partial charge in [-0.1, -0.05) is 20.8 Å². The first-order valence-electron chi connectivity index (χ1n) is 4.91. The van der Waals surface area contributed by atoms with Gasteiger partial charge in [0.05, 0.1) is 6.42 Å². The molecule has 0 radical (unpaired) electrons. The molecule has 0 heterocycles. The minimum Gasteiger partial charge on any atom is -0.481 e. The number of carbonyl (C=O) groups excluding carboxylic acids is 2. The third-order valence-corrected chi connectivity index (χ3v) is 1.99. The monoisotopic (exact) mass is 216 g/mol. The maximum atomic E-state index is 10.4. The summed E-state index contributed by atoms with van der Waals surface area (Å²) in [5.74, 6) is -0.863.